The highest BCUT2D eigenvalue weighted by Gasteiger charge is 2.17. The molecule has 5 rings (SSSR count). The summed E-state index contributed by atoms with van der Waals surface area (Å²) in [4.78, 5) is 4.75. The third kappa shape index (κ3) is 5.97. The minimum atomic E-state index is -0.502. The van der Waals surface area contributed by atoms with E-state index in [1.807, 2.05) is 0 Å². The Morgan fingerprint density at radius 3 is 2.28 bits per heavy atom. The van der Waals surface area contributed by atoms with E-state index in [0.29, 0.717) is 19.7 Å². The lowest BCUT2D eigenvalue weighted by molar-refractivity contribution is 0.0341. The van der Waals surface area contributed by atoms with Gasteiger partial charge in [-0.05, 0) is 23.3 Å². The summed E-state index contributed by atoms with van der Waals surface area (Å²) in [6.07, 6.45) is -0.502. The topological polar surface area (TPSA) is 50.1 Å². The van der Waals surface area contributed by atoms with Gasteiger partial charge in [-0.15, -0.1) is 0 Å². The average molecular weight is 488 g/mol. The van der Waals surface area contributed by atoms with E-state index >= 15 is 0 Å². The van der Waals surface area contributed by atoms with Gasteiger partial charge in [0.2, 0.25) is 0 Å². The first kappa shape index (κ1) is 24.9. The predicted octanol–water partition coefficient (Wildman–Crippen LogP) is 4.14. The molecule has 0 bridgehead atoms. The van der Waals surface area contributed by atoms with Crippen LogP contribution in [0.25, 0.3) is 21.8 Å². The van der Waals surface area contributed by atoms with Gasteiger partial charge in [0.25, 0.3) is 0 Å². The second-order valence-corrected chi connectivity index (χ2v) is 9.74. The maximum absolute atomic E-state index is 11.2. The number of methoxy groups -OCH3 is 1. The maximum Gasteiger partial charge on any atom is 0.0846 e. The Morgan fingerprint density at radius 2 is 1.58 bits per heavy atom. The quantitative estimate of drug-likeness (QED) is 0.345. The van der Waals surface area contributed by atoms with Crippen LogP contribution in [-0.4, -0.2) is 78.7 Å². The Bertz CT molecular complexity index is 1210. The molecular formula is C30H37N3O3. The van der Waals surface area contributed by atoms with Crippen molar-refractivity contribution in [3.05, 3.63) is 83.9 Å². The first-order chi connectivity index (χ1) is 17.7. The Hall–Kier alpha value is -2.74. The van der Waals surface area contributed by atoms with Gasteiger partial charge in [-0.3, -0.25) is 9.80 Å². The minimum Gasteiger partial charge on any atom is -0.390 e. The summed E-state index contributed by atoms with van der Waals surface area (Å²) in [6.45, 7) is 7.87. The molecular weight excluding hydrogens is 450 g/mol. The van der Waals surface area contributed by atoms with Gasteiger partial charge in [0, 0.05) is 68.2 Å². The molecule has 1 fully saturated rings. The molecule has 6 heteroatoms. The van der Waals surface area contributed by atoms with Crippen molar-refractivity contribution in [1.82, 2.24) is 14.4 Å². The summed E-state index contributed by atoms with van der Waals surface area (Å²) in [5.74, 6) is 0. The van der Waals surface area contributed by atoms with Gasteiger partial charge >= 0.3 is 0 Å². The van der Waals surface area contributed by atoms with Crippen LogP contribution in [0, 0.1) is 0 Å². The molecule has 2 heterocycles. The monoisotopic (exact) mass is 487 g/mol. The van der Waals surface area contributed by atoms with Gasteiger partial charge in [0.1, 0.15) is 0 Å². The normalized spacial score (nSPS) is 15.8. The number of morpholine rings is 1. The molecule has 1 aromatic heterocycles. The van der Waals surface area contributed by atoms with Crippen LogP contribution in [0.3, 0.4) is 0 Å². The number of fused-ring (bicyclic) bond motifs is 3. The first-order valence-electron chi connectivity index (χ1n) is 12.9. The van der Waals surface area contributed by atoms with Crippen molar-refractivity contribution in [2.24, 2.45) is 0 Å². The van der Waals surface area contributed by atoms with Crippen LogP contribution in [0.2, 0.25) is 0 Å². The molecule has 190 valence electrons. The van der Waals surface area contributed by atoms with E-state index in [0.717, 1.165) is 57.0 Å². The van der Waals surface area contributed by atoms with E-state index in [1.165, 1.54) is 21.9 Å². The van der Waals surface area contributed by atoms with Gasteiger partial charge < -0.3 is 19.1 Å². The summed E-state index contributed by atoms with van der Waals surface area (Å²) in [6, 6.07) is 25.7. The first-order valence-corrected chi connectivity index (χ1v) is 12.9. The van der Waals surface area contributed by atoms with Crippen LogP contribution in [0.5, 0.6) is 0 Å². The number of aliphatic hydroxyl groups excluding tert-OH is 1. The maximum atomic E-state index is 11.2. The van der Waals surface area contributed by atoms with Crippen LogP contribution in [0.15, 0.2) is 72.8 Å². The number of hydrogen-bond acceptors (Lipinski definition) is 5. The number of aromatic nitrogens is 1. The molecule has 0 radical (unpaired) electrons. The highest BCUT2D eigenvalue weighted by atomic mass is 16.5. The van der Waals surface area contributed by atoms with Crippen molar-refractivity contribution >= 4 is 21.8 Å². The molecule has 1 aliphatic heterocycles. The van der Waals surface area contributed by atoms with Gasteiger partial charge in [-0.25, -0.2) is 0 Å². The summed E-state index contributed by atoms with van der Waals surface area (Å²) in [5.41, 5.74) is 4.92. The molecule has 1 aliphatic rings. The third-order valence-electron chi connectivity index (χ3n) is 7.06. The zero-order valence-corrected chi connectivity index (χ0v) is 21.2. The van der Waals surface area contributed by atoms with Crippen molar-refractivity contribution in [2.45, 2.75) is 25.7 Å². The molecule has 1 saturated heterocycles. The van der Waals surface area contributed by atoms with Crippen molar-refractivity contribution in [3.63, 3.8) is 0 Å². The Balaban J connectivity index is 1.29. The van der Waals surface area contributed by atoms with Gasteiger partial charge in [-0.2, -0.15) is 0 Å². The minimum absolute atomic E-state index is 0.502. The van der Waals surface area contributed by atoms with Gasteiger partial charge in [-0.1, -0.05) is 60.7 Å². The molecule has 1 atom stereocenters. The van der Waals surface area contributed by atoms with Crippen LogP contribution >= 0.6 is 0 Å². The zero-order valence-electron chi connectivity index (χ0n) is 21.2. The van der Waals surface area contributed by atoms with E-state index in [9.17, 15) is 5.11 Å². The lowest BCUT2D eigenvalue weighted by atomic mass is 10.1. The molecule has 3 aromatic carbocycles. The highest BCUT2D eigenvalue weighted by Crippen LogP contribution is 2.29. The number of ether oxygens (including phenoxy) is 2. The van der Waals surface area contributed by atoms with E-state index in [2.05, 4.69) is 87.2 Å². The van der Waals surface area contributed by atoms with Crippen LogP contribution in [0.1, 0.15) is 11.1 Å². The third-order valence-corrected chi connectivity index (χ3v) is 7.06. The summed E-state index contributed by atoms with van der Waals surface area (Å²) in [7, 11) is 1.73. The van der Waals surface area contributed by atoms with Crippen LogP contribution < -0.4 is 0 Å². The standard InChI is InChI=1S/C30H37N3O3/c1-35-16-13-32(21-25-8-6-7-24(19-25)20-31-14-17-36-18-15-31)22-26(34)23-33-29-11-4-2-9-27(29)28-10-3-5-12-30(28)33/h2-12,19,26,34H,13-18,20-23H2,1H3. The van der Waals surface area contributed by atoms with Crippen molar-refractivity contribution in [2.75, 3.05) is 53.1 Å². The van der Waals surface area contributed by atoms with Crippen molar-refractivity contribution in [1.29, 1.82) is 0 Å². The second kappa shape index (κ2) is 12.0. The van der Waals surface area contributed by atoms with E-state index in [1.54, 1.807) is 7.11 Å². The largest absolute Gasteiger partial charge is 0.390 e. The number of nitrogens with zero attached hydrogens (tertiary/aromatic N) is 3. The molecule has 0 amide bonds. The summed E-state index contributed by atoms with van der Waals surface area (Å²) < 4.78 is 13.1. The Kier molecular flexibility index (Phi) is 8.31. The highest BCUT2D eigenvalue weighted by molar-refractivity contribution is 6.07. The smallest absolute Gasteiger partial charge is 0.0846 e. The molecule has 0 saturated carbocycles. The van der Waals surface area contributed by atoms with E-state index in [4.69, 9.17) is 9.47 Å². The lowest BCUT2D eigenvalue weighted by Gasteiger charge is -2.27. The van der Waals surface area contributed by atoms with Crippen molar-refractivity contribution in [3.8, 4) is 0 Å². The van der Waals surface area contributed by atoms with E-state index < -0.39 is 6.10 Å². The number of benzene rings is 3. The number of hydrogen-bond donors (Lipinski definition) is 1. The molecule has 1 N–H and O–H groups in total. The van der Waals surface area contributed by atoms with Crippen LogP contribution in [0.4, 0.5) is 0 Å². The number of para-hydroxylation sites is 2. The number of rotatable bonds is 11. The fraction of sp³-hybridized carbons (Fsp3) is 0.400. The Labute approximate surface area is 213 Å². The second-order valence-electron chi connectivity index (χ2n) is 9.74. The summed E-state index contributed by atoms with van der Waals surface area (Å²) in [5, 5.41) is 13.7. The molecule has 1 unspecified atom stereocenters. The fourth-order valence-electron chi connectivity index (χ4n) is 5.32. The predicted molar refractivity (Wildman–Crippen MR) is 145 cm³/mol. The average Bonchev–Trinajstić information content (AvgIpc) is 3.22. The summed E-state index contributed by atoms with van der Waals surface area (Å²) >= 11 is 0. The molecule has 6 nitrogen and oxygen atoms in total. The zero-order chi connectivity index (χ0) is 24.7. The fourth-order valence-corrected chi connectivity index (χ4v) is 5.32. The molecule has 0 aliphatic carbocycles. The molecule has 0 spiro atoms. The molecule has 36 heavy (non-hydrogen) atoms. The van der Waals surface area contributed by atoms with Gasteiger partial charge in [0.05, 0.1) is 32.5 Å². The molecule has 4 aromatic rings. The van der Waals surface area contributed by atoms with E-state index in [-0.39, 0.29) is 0 Å². The van der Waals surface area contributed by atoms with Crippen molar-refractivity contribution < 1.29 is 14.6 Å². The SMILES string of the molecule is COCCN(Cc1cccc(CN2CCOCC2)c1)CC(O)Cn1c2ccccc2c2ccccc21. The number of aliphatic hydroxyl groups is 1. The lowest BCUT2D eigenvalue weighted by Crippen LogP contribution is -2.36. The Morgan fingerprint density at radius 1 is 0.917 bits per heavy atom. The van der Waals surface area contributed by atoms with Crippen LogP contribution in [-0.2, 0) is 29.1 Å². The van der Waals surface area contributed by atoms with Gasteiger partial charge in [0.15, 0.2) is 0 Å².